The van der Waals surface area contributed by atoms with Crippen molar-refractivity contribution in [1.82, 2.24) is 25.4 Å². The number of aryl methyl sites for hydroxylation is 1. The summed E-state index contributed by atoms with van der Waals surface area (Å²) < 4.78 is 1.75. The predicted molar refractivity (Wildman–Crippen MR) is 74.7 cm³/mol. The largest absolute Gasteiger partial charge is 0.347 e. The third-order valence-electron chi connectivity index (χ3n) is 2.95. The van der Waals surface area contributed by atoms with Gasteiger partial charge in [0.25, 0.3) is 0 Å². The number of carbonyl (C=O) groups is 2. The first-order chi connectivity index (χ1) is 9.49. The second-order valence-electron chi connectivity index (χ2n) is 4.83. The molecule has 0 radical (unpaired) electrons. The lowest BCUT2D eigenvalue weighted by molar-refractivity contribution is -0.128. The van der Waals surface area contributed by atoms with Gasteiger partial charge in [-0.05, 0) is 13.3 Å². The molecule has 0 aliphatic carbocycles. The molecule has 112 valence electrons. The average molecular weight is 281 g/mol. The van der Waals surface area contributed by atoms with E-state index in [0.717, 1.165) is 5.82 Å². The molecule has 1 aromatic heterocycles. The Morgan fingerprint density at radius 1 is 1.35 bits per heavy atom. The Labute approximate surface area is 119 Å². The lowest BCUT2D eigenvalue weighted by Gasteiger charge is -2.17. The zero-order valence-electron chi connectivity index (χ0n) is 12.5. The number of carbonyl (C=O) groups excluding carboxylic acids is 2. The van der Waals surface area contributed by atoms with E-state index in [2.05, 4.69) is 20.7 Å². The van der Waals surface area contributed by atoms with E-state index in [1.807, 2.05) is 13.8 Å². The second kappa shape index (κ2) is 7.62. The third-order valence-corrected chi connectivity index (χ3v) is 2.95. The van der Waals surface area contributed by atoms with Crippen molar-refractivity contribution in [2.24, 2.45) is 5.92 Å². The molecule has 7 heteroatoms. The highest BCUT2D eigenvalue weighted by atomic mass is 16.2. The standard InChI is InChI=1S/C13H23N5O2/c1-5-10(12-15-8-16-18(12)6-2)17-11(19)7-14-13(20)9(3)4/h8-10H,5-7H2,1-4H3,(H,14,20)(H,17,19). The van der Waals surface area contributed by atoms with Crippen LogP contribution in [-0.4, -0.2) is 33.1 Å². The summed E-state index contributed by atoms with van der Waals surface area (Å²) in [7, 11) is 0. The first-order valence-electron chi connectivity index (χ1n) is 6.94. The van der Waals surface area contributed by atoms with Crippen LogP contribution in [0.2, 0.25) is 0 Å². The van der Waals surface area contributed by atoms with Crippen LogP contribution < -0.4 is 10.6 Å². The molecule has 1 rings (SSSR count). The molecular weight excluding hydrogens is 258 g/mol. The summed E-state index contributed by atoms with van der Waals surface area (Å²) in [5.74, 6) is 0.243. The van der Waals surface area contributed by atoms with E-state index in [4.69, 9.17) is 0 Å². The molecular formula is C13H23N5O2. The van der Waals surface area contributed by atoms with Gasteiger partial charge in [-0.3, -0.25) is 9.59 Å². The zero-order valence-corrected chi connectivity index (χ0v) is 12.5. The maximum Gasteiger partial charge on any atom is 0.239 e. The summed E-state index contributed by atoms with van der Waals surface area (Å²) in [6.07, 6.45) is 2.19. The molecule has 7 nitrogen and oxygen atoms in total. The fraction of sp³-hybridized carbons (Fsp3) is 0.692. The maximum absolute atomic E-state index is 11.9. The van der Waals surface area contributed by atoms with E-state index in [1.54, 1.807) is 18.5 Å². The minimum absolute atomic E-state index is 0.0201. The van der Waals surface area contributed by atoms with Gasteiger partial charge in [0.2, 0.25) is 11.8 Å². The normalized spacial score (nSPS) is 12.2. The molecule has 1 unspecified atom stereocenters. The molecule has 1 atom stereocenters. The Hall–Kier alpha value is -1.92. The van der Waals surface area contributed by atoms with Gasteiger partial charge in [-0.2, -0.15) is 5.10 Å². The van der Waals surface area contributed by atoms with Gasteiger partial charge in [0.1, 0.15) is 12.2 Å². The Bertz CT molecular complexity index is 455. The van der Waals surface area contributed by atoms with Crippen LogP contribution in [0.4, 0.5) is 0 Å². The molecule has 0 aliphatic rings. The van der Waals surface area contributed by atoms with Gasteiger partial charge < -0.3 is 10.6 Å². The minimum Gasteiger partial charge on any atom is -0.347 e. The fourth-order valence-corrected chi connectivity index (χ4v) is 1.75. The summed E-state index contributed by atoms with van der Waals surface area (Å²) in [4.78, 5) is 27.4. The van der Waals surface area contributed by atoms with E-state index in [1.165, 1.54) is 6.33 Å². The van der Waals surface area contributed by atoms with Gasteiger partial charge >= 0.3 is 0 Å². The molecule has 1 heterocycles. The van der Waals surface area contributed by atoms with E-state index in [-0.39, 0.29) is 30.3 Å². The summed E-state index contributed by atoms with van der Waals surface area (Å²) >= 11 is 0. The molecule has 0 fully saturated rings. The van der Waals surface area contributed by atoms with Crippen molar-refractivity contribution in [3.05, 3.63) is 12.2 Å². The molecule has 2 amide bonds. The topological polar surface area (TPSA) is 88.9 Å². The van der Waals surface area contributed by atoms with Gasteiger partial charge in [-0.15, -0.1) is 0 Å². The SMILES string of the molecule is CCC(NC(=O)CNC(=O)C(C)C)c1ncnn1CC. The van der Waals surface area contributed by atoms with Gasteiger partial charge in [0.05, 0.1) is 12.6 Å². The van der Waals surface area contributed by atoms with Crippen LogP contribution in [0.3, 0.4) is 0 Å². The molecule has 2 N–H and O–H groups in total. The molecule has 1 aromatic rings. The highest BCUT2D eigenvalue weighted by molar-refractivity contribution is 5.85. The lowest BCUT2D eigenvalue weighted by atomic mass is 10.2. The highest BCUT2D eigenvalue weighted by Crippen LogP contribution is 2.13. The van der Waals surface area contributed by atoms with Crippen molar-refractivity contribution in [3.8, 4) is 0 Å². The number of hydrogen-bond donors (Lipinski definition) is 2. The maximum atomic E-state index is 11.9. The minimum atomic E-state index is -0.225. The van der Waals surface area contributed by atoms with Gasteiger partial charge in [-0.1, -0.05) is 20.8 Å². The molecule has 0 spiro atoms. The quantitative estimate of drug-likeness (QED) is 0.767. The Balaban J connectivity index is 2.56. The zero-order chi connectivity index (χ0) is 15.1. The van der Waals surface area contributed by atoms with E-state index < -0.39 is 0 Å². The predicted octanol–water partition coefficient (Wildman–Crippen LogP) is 0.637. The Morgan fingerprint density at radius 2 is 2.05 bits per heavy atom. The molecule has 0 saturated heterocycles. The van der Waals surface area contributed by atoms with Crippen LogP contribution in [0, 0.1) is 5.92 Å². The van der Waals surface area contributed by atoms with Crippen LogP contribution in [0.5, 0.6) is 0 Å². The number of rotatable bonds is 7. The number of hydrogen-bond acceptors (Lipinski definition) is 4. The van der Waals surface area contributed by atoms with Crippen LogP contribution in [0.25, 0.3) is 0 Å². The third kappa shape index (κ3) is 4.32. The lowest BCUT2D eigenvalue weighted by Crippen LogP contribution is -2.40. The van der Waals surface area contributed by atoms with Gasteiger partial charge in [0.15, 0.2) is 0 Å². The molecule has 0 aliphatic heterocycles. The monoisotopic (exact) mass is 281 g/mol. The van der Waals surface area contributed by atoms with Crippen molar-refractivity contribution >= 4 is 11.8 Å². The van der Waals surface area contributed by atoms with Gasteiger partial charge in [-0.25, -0.2) is 9.67 Å². The second-order valence-corrected chi connectivity index (χ2v) is 4.83. The van der Waals surface area contributed by atoms with Crippen molar-refractivity contribution in [1.29, 1.82) is 0 Å². The van der Waals surface area contributed by atoms with Crippen molar-refractivity contribution in [2.45, 2.75) is 46.7 Å². The van der Waals surface area contributed by atoms with Crippen LogP contribution in [-0.2, 0) is 16.1 Å². The Kier molecular flexibility index (Phi) is 6.14. The van der Waals surface area contributed by atoms with Gasteiger partial charge in [0, 0.05) is 12.5 Å². The first-order valence-corrected chi connectivity index (χ1v) is 6.94. The van der Waals surface area contributed by atoms with Crippen molar-refractivity contribution in [2.75, 3.05) is 6.54 Å². The average Bonchev–Trinajstić information content (AvgIpc) is 2.90. The van der Waals surface area contributed by atoms with Crippen molar-refractivity contribution in [3.63, 3.8) is 0 Å². The molecule has 0 bridgehead atoms. The van der Waals surface area contributed by atoms with Crippen LogP contribution >= 0.6 is 0 Å². The van der Waals surface area contributed by atoms with Crippen LogP contribution in [0.1, 0.15) is 46.0 Å². The molecule has 20 heavy (non-hydrogen) atoms. The number of aromatic nitrogens is 3. The highest BCUT2D eigenvalue weighted by Gasteiger charge is 2.18. The van der Waals surface area contributed by atoms with Crippen LogP contribution in [0.15, 0.2) is 6.33 Å². The first kappa shape index (κ1) is 16.1. The number of amides is 2. The van der Waals surface area contributed by atoms with E-state index in [0.29, 0.717) is 13.0 Å². The summed E-state index contributed by atoms with van der Waals surface area (Å²) in [5, 5.41) is 9.55. The molecule has 0 aromatic carbocycles. The number of nitrogens with one attached hydrogen (secondary N) is 2. The summed E-state index contributed by atoms with van der Waals surface area (Å²) in [6, 6.07) is -0.194. The number of nitrogens with zero attached hydrogens (tertiary/aromatic N) is 3. The molecule has 0 saturated carbocycles. The summed E-state index contributed by atoms with van der Waals surface area (Å²) in [5.41, 5.74) is 0. The van der Waals surface area contributed by atoms with E-state index >= 15 is 0 Å². The Morgan fingerprint density at radius 3 is 2.60 bits per heavy atom. The smallest absolute Gasteiger partial charge is 0.239 e. The summed E-state index contributed by atoms with van der Waals surface area (Å²) in [6.45, 7) is 8.18. The van der Waals surface area contributed by atoms with E-state index in [9.17, 15) is 9.59 Å². The van der Waals surface area contributed by atoms with Crippen molar-refractivity contribution < 1.29 is 9.59 Å². The fourth-order valence-electron chi connectivity index (χ4n) is 1.75.